The van der Waals surface area contributed by atoms with Crippen molar-refractivity contribution >= 4 is 9.84 Å². The van der Waals surface area contributed by atoms with Crippen LogP contribution >= 0.6 is 0 Å². The zero-order chi connectivity index (χ0) is 9.03. The van der Waals surface area contributed by atoms with E-state index in [0.717, 1.165) is 0 Å². The predicted molar refractivity (Wildman–Crippen MR) is 44.3 cm³/mol. The molecule has 68 valence electrons. The molecule has 0 N–H and O–H groups in total. The summed E-state index contributed by atoms with van der Waals surface area (Å²) in [5, 5.41) is 3.79. The van der Waals surface area contributed by atoms with Gasteiger partial charge in [-0.15, -0.1) is 0 Å². The van der Waals surface area contributed by atoms with Crippen molar-refractivity contribution in [3.8, 4) is 0 Å². The minimum Gasteiger partial charge on any atom is -0.252 e. The summed E-state index contributed by atoms with van der Waals surface area (Å²) in [5.74, 6) is 0.314. The summed E-state index contributed by atoms with van der Waals surface area (Å²) in [5.41, 5.74) is 0. The molecule has 1 heterocycles. The number of hydrogen-bond acceptors (Lipinski definition) is 4. The van der Waals surface area contributed by atoms with Crippen LogP contribution in [0.4, 0.5) is 0 Å². The lowest BCUT2D eigenvalue weighted by Gasteiger charge is -1.99. The average Bonchev–Trinajstić information content (AvgIpc) is 2.53. The molecule has 0 amide bonds. The first-order chi connectivity index (χ1) is 5.64. The van der Waals surface area contributed by atoms with Crippen molar-refractivity contribution in [1.29, 1.82) is 0 Å². The average molecular weight is 189 g/mol. The molecule has 5 nitrogen and oxygen atoms in total. The molecule has 0 spiro atoms. The smallest absolute Gasteiger partial charge is 0.151 e. The van der Waals surface area contributed by atoms with Crippen LogP contribution in [0.1, 0.15) is 6.92 Å². The Morgan fingerprint density at radius 2 is 2.25 bits per heavy atom. The molecular formula is C6H11N3O2S. The van der Waals surface area contributed by atoms with Gasteiger partial charge in [0.25, 0.3) is 0 Å². The summed E-state index contributed by atoms with van der Waals surface area (Å²) in [4.78, 5) is 3.71. The van der Waals surface area contributed by atoms with Gasteiger partial charge in [0.15, 0.2) is 9.84 Å². The number of rotatable bonds is 4. The van der Waals surface area contributed by atoms with Crippen molar-refractivity contribution in [3.63, 3.8) is 0 Å². The van der Waals surface area contributed by atoms with E-state index < -0.39 is 9.84 Å². The van der Waals surface area contributed by atoms with Gasteiger partial charge in [0.2, 0.25) is 0 Å². The molecule has 0 unspecified atom stereocenters. The van der Waals surface area contributed by atoms with Crippen LogP contribution in [0.5, 0.6) is 0 Å². The fraction of sp³-hybridized carbons (Fsp3) is 0.667. The van der Waals surface area contributed by atoms with Gasteiger partial charge in [-0.05, 0) is 0 Å². The maximum absolute atomic E-state index is 11.0. The van der Waals surface area contributed by atoms with E-state index in [4.69, 9.17) is 0 Å². The number of aryl methyl sites for hydroxylation is 1. The summed E-state index contributed by atoms with van der Waals surface area (Å²) in [6.45, 7) is 2.02. The van der Waals surface area contributed by atoms with Gasteiger partial charge in [-0.3, -0.25) is 4.68 Å². The second-order valence-corrected chi connectivity index (χ2v) is 4.87. The molecule has 1 rings (SSSR count). The van der Waals surface area contributed by atoms with Crippen LogP contribution in [0.2, 0.25) is 0 Å². The maximum Gasteiger partial charge on any atom is 0.151 e. The van der Waals surface area contributed by atoms with E-state index >= 15 is 0 Å². The van der Waals surface area contributed by atoms with Crippen molar-refractivity contribution in [2.24, 2.45) is 0 Å². The summed E-state index contributed by atoms with van der Waals surface area (Å²) < 4.78 is 23.6. The number of aromatic nitrogens is 3. The van der Waals surface area contributed by atoms with E-state index in [2.05, 4.69) is 10.1 Å². The fourth-order valence-electron chi connectivity index (χ4n) is 0.725. The second-order valence-electron chi connectivity index (χ2n) is 2.39. The highest BCUT2D eigenvalue weighted by Crippen LogP contribution is 1.91. The first-order valence-electron chi connectivity index (χ1n) is 3.67. The zero-order valence-electron chi connectivity index (χ0n) is 6.84. The lowest BCUT2D eigenvalue weighted by molar-refractivity contribution is 0.581. The fourth-order valence-corrected chi connectivity index (χ4v) is 1.48. The molecule has 1 aromatic heterocycles. The van der Waals surface area contributed by atoms with Gasteiger partial charge in [0, 0.05) is 5.75 Å². The molecule has 0 saturated heterocycles. The van der Waals surface area contributed by atoms with E-state index in [0.29, 0.717) is 6.54 Å². The molecule has 0 aromatic carbocycles. The second kappa shape index (κ2) is 3.66. The van der Waals surface area contributed by atoms with Crippen LogP contribution in [-0.2, 0) is 16.4 Å². The third-order valence-electron chi connectivity index (χ3n) is 1.54. The highest BCUT2D eigenvalue weighted by Gasteiger charge is 2.06. The highest BCUT2D eigenvalue weighted by molar-refractivity contribution is 7.91. The van der Waals surface area contributed by atoms with Crippen molar-refractivity contribution < 1.29 is 8.42 Å². The van der Waals surface area contributed by atoms with Crippen LogP contribution in [0, 0.1) is 0 Å². The molecule has 0 atom stereocenters. The third-order valence-corrected chi connectivity index (χ3v) is 3.22. The molecule has 0 bridgehead atoms. The molecule has 0 aliphatic rings. The summed E-state index contributed by atoms with van der Waals surface area (Å²) in [6, 6.07) is 0. The van der Waals surface area contributed by atoms with Crippen LogP contribution in [0.15, 0.2) is 12.7 Å². The number of nitrogens with zero attached hydrogens (tertiary/aromatic N) is 3. The van der Waals surface area contributed by atoms with Gasteiger partial charge >= 0.3 is 0 Å². The minimum atomic E-state index is -2.88. The van der Waals surface area contributed by atoms with E-state index in [1.54, 1.807) is 6.92 Å². The number of sulfone groups is 1. The van der Waals surface area contributed by atoms with Gasteiger partial charge < -0.3 is 0 Å². The monoisotopic (exact) mass is 189 g/mol. The molecule has 1 aromatic rings. The summed E-state index contributed by atoms with van der Waals surface area (Å²) in [7, 11) is -2.88. The van der Waals surface area contributed by atoms with Crippen LogP contribution < -0.4 is 0 Å². The van der Waals surface area contributed by atoms with Crippen molar-refractivity contribution in [2.45, 2.75) is 13.5 Å². The standard InChI is InChI=1S/C6H11N3O2S/c1-2-12(10,11)4-3-9-6-7-5-8-9/h5-6H,2-4H2,1H3. The highest BCUT2D eigenvalue weighted by atomic mass is 32.2. The molecule has 0 fully saturated rings. The molecule has 0 aliphatic heterocycles. The first kappa shape index (κ1) is 9.18. The van der Waals surface area contributed by atoms with Gasteiger partial charge in [-0.25, -0.2) is 13.4 Å². The van der Waals surface area contributed by atoms with Crippen LogP contribution in [-0.4, -0.2) is 34.7 Å². The normalized spacial score (nSPS) is 11.8. The van der Waals surface area contributed by atoms with E-state index in [-0.39, 0.29) is 11.5 Å². The first-order valence-corrected chi connectivity index (χ1v) is 5.49. The Balaban J connectivity index is 2.47. The van der Waals surface area contributed by atoms with E-state index in [1.165, 1.54) is 17.3 Å². The summed E-state index contributed by atoms with van der Waals surface area (Å²) >= 11 is 0. The molecule has 12 heavy (non-hydrogen) atoms. The predicted octanol–water partition coefficient (Wildman–Crippen LogP) is -0.287. The lowest BCUT2D eigenvalue weighted by atomic mass is 10.8. The quantitative estimate of drug-likeness (QED) is 0.653. The van der Waals surface area contributed by atoms with Crippen LogP contribution in [0.3, 0.4) is 0 Å². The van der Waals surface area contributed by atoms with Gasteiger partial charge in [0.1, 0.15) is 12.7 Å². The van der Waals surface area contributed by atoms with Crippen molar-refractivity contribution in [3.05, 3.63) is 12.7 Å². The zero-order valence-corrected chi connectivity index (χ0v) is 7.66. The van der Waals surface area contributed by atoms with E-state index in [1.807, 2.05) is 0 Å². The molecule has 6 heteroatoms. The topological polar surface area (TPSA) is 64.8 Å². The molecule has 0 saturated carbocycles. The Labute approximate surface area is 71.3 Å². The van der Waals surface area contributed by atoms with Crippen LogP contribution in [0.25, 0.3) is 0 Å². The summed E-state index contributed by atoms with van der Waals surface area (Å²) in [6.07, 6.45) is 2.89. The Morgan fingerprint density at radius 3 is 2.75 bits per heavy atom. The SMILES string of the molecule is CCS(=O)(=O)CCn1cncn1. The Kier molecular flexibility index (Phi) is 2.80. The Morgan fingerprint density at radius 1 is 1.50 bits per heavy atom. The van der Waals surface area contributed by atoms with Gasteiger partial charge in [0.05, 0.1) is 12.3 Å². The van der Waals surface area contributed by atoms with Gasteiger partial charge in [-0.1, -0.05) is 6.92 Å². The van der Waals surface area contributed by atoms with Gasteiger partial charge in [-0.2, -0.15) is 5.10 Å². The van der Waals surface area contributed by atoms with Crippen molar-refractivity contribution in [1.82, 2.24) is 14.8 Å². The lowest BCUT2D eigenvalue weighted by Crippen LogP contribution is -2.14. The largest absolute Gasteiger partial charge is 0.252 e. The number of hydrogen-bond donors (Lipinski definition) is 0. The third kappa shape index (κ3) is 2.61. The Bertz CT molecular complexity index is 317. The molecular weight excluding hydrogens is 178 g/mol. The minimum absolute atomic E-state index is 0.132. The molecule has 0 radical (unpaired) electrons. The Hall–Kier alpha value is -0.910. The molecule has 0 aliphatic carbocycles. The van der Waals surface area contributed by atoms with E-state index in [9.17, 15) is 8.42 Å². The van der Waals surface area contributed by atoms with Crippen molar-refractivity contribution in [2.75, 3.05) is 11.5 Å². The maximum atomic E-state index is 11.0.